The van der Waals surface area contributed by atoms with Crippen molar-refractivity contribution in [3.05, 3.63) is 71.7 Å². The van der Waals surface area contributed by atoms with Crippen molar-refractivity contribution in [1.82, 2.24) is 9.47 Å². The fourth-order valence-corrected chi connectivity index (χ4v) is 4.51. The van der Waals surface area contributed by atoms with Crippen LogP contribution in [0.15, 0.2) is 54.7 Å². The number of fused-ring (bicyclic) bond motifs is 1. The van der Waals surface area contributed by atoms with Gasteiger partial charge >= 0.3 is 0 Å². The van der Waals surface area contributed by atoms with E-state index >= 15 is 0 Å². The van der Waals surface area contributed by atoms with E-state index < -0.39 is 15.4 Å². The van der Waals surface area contributed by atoms with Gasteiger partial charge in [-0.3, -0.25) is 9.69 Å². The number of carbonyl (C=O) groups is 1. The van der Waals surface area contributed by atoms with Crippen LogP contribution < -0.4 is 0 Å². The van der Waals surface area contributed by atoms with Gasteiger partial charge in [-0.05, 0) is 55.6 Å². The summed E-state index contributed by atoms with van der Waals surface area (Å²) in [7, 11) is 0. The van der Waals surface area contributed by atoms with Gasteiger partial charge in [0.05, 0.1) is 0 Å². The van der Waals surface area contributed by atoms with Crippen LogP contribution in [0.2, 0.25) is 0 Å². The van der Waals surface area contributed by atoms with Crippen molar-refractivity contribution in [1.29, 1.82) is 0 Å². The first-order valence-corrected chi connectivity index (χ1v) is 11.1. The number of benzene rings is 2. The van der Waals surface area contributed by atoms with Crippen molar-refractivity contribution in [2.75, 3.05) is 13.1 Å². The molecule has 0 N–H and O–H groups in total. The number of Topliss-reactive ketones (excluding diaryl/α,β-unsaturated/α-hetero) is 1. The molecule has 3 nitrogen and oxygen atoms in total. The molecule has 1 aliphatic rings. The summed E-state index contributed by atoms with van der Waals surface area (Å²) in [6.45, 7) is 3.75. The summed E-state index contributed by atoms with van der Waals surface area (Å²) in [4.78, 5) is 15.0. The van der Waals surface area contributed by atoms with Crippen LogP contribution in [0.5, 0.6) is 0 Å². The zero-order chi connectivity index (χ0) is 21.3. The molecule has 0 radical (unpaired) electrons. The van der Waals surface area contributed by atoms with Crippen LogP contribution in [0.4, 0.5) is 4.39 Å². The number of carbonyl (C=O) groups excluding carboxylic acids is 1. The summed E-state index contributed by atoms with van der Waals surface area (Å²) in [5, 5.41) is 0.479. The number of hydrogen-bond donors (Lipinski definition) is 0. The number of rotatable bonds is 5. The van der Waals surface area contributed by atoms with Gasteiger partial charge in [0, 0.05) is 35.8 Å². The number of hydrogen-bond acceptors (Lipinski definition) is 2. The van der Waals surface area contributed by atoms with E-state index in [1.807, 2.05) is 10.6 Å². The van der Waals surface area contributed by atoms with Gasteiger partial charge in [-0.1, -0.05) is 65.1 Å². The molecule has 1 aliphatic heterocycles. The summed E-state index contributed by atoms with van der Waals surface area (Å²) < 4.78 is 13.8. The molecule has 7 heteroatoms. The maximum absolute atomic E-state index is 13.8. The summed E-state index contributed by atoms with van der Waals surface area (Å²) in [5.41, 5.74) is 2.34. The number of aromatic nitrogens is 1. The fourth-order valence-electron chi connectivity index (χ4n) is 4.20. The first-order valence-electron chi connectivity index (χ1n) is 9.97. The molecule has 1 saturated heterocycles. The molecule has 4 rings (SSSR count). The third-order valence-electron chi connectivity index (χ3n) is 5.76. The summed E-state index contributed by atoms with van der Waals surface area (Å²) in [6, 6.07) is 14.9. The highest BCUT2D eigenvalue weighted by Crippen LogP contribution is 2.35. The zero-order valence-electron chi connectivity index (χ0n) is 16.3. The standard InChI is InChI=1S/C23H22Cl3FN2O/c24-23(25,26)22(30)20-15-29(21-7-6-18(27)12-19(20)21)14-17-8-10-28(11-9-17)13-16-4-2-1-3-5-16/h1-7,12,15,17H,8-11,13-14H2. The molecule has 0 bridgehead atoms. The van der Waals surface area contributed by atoms with E-state index in [2.05, 4.69) is 29.2 Å². The molecular formula is C23H22Cl3FN2O. The summed E-state index contributed by atoms with van der Waals surface area (Å²) in [6.07, 6.45) is 3.81. The van der Waals surface area contributed by atoms with Crippen molar-refractivity contribution in [3.63, 3.8) is 0 Å². The molecule has 3 aromatic rings. The van der Waals surface area contributed by atoms with Crippen LogP contribution in [0.1, 0.15) is 28.8 Å². The Morgan fingerprint density at radius 3 is 2.43 bits per heavy atom. The lowest BCUT2D eigenvalue weighted by Gasteiger charge is -2.32. The maximum atomic E-state index is 13.8. The highest BCUT2D eigenvalue weighted by molar-refractivity contribution is 6.77. The molecule has 0 amide bonds. The van der Waals surface area contributed by atoms with Crippen LogP contribution in [-0.4, -0.2) is 32.1 Å². The van der Waals surface area contributed by atoms with E-state index in [0.717, 1.165) is 44.5 Å². The number of halogens is 4. The van der Waals surface area contributed by atoms with E-state index in [-0.39, 0.29) is 5.56 Å². The van der Waals surface area contributed by atoms with Crippen LogP contribution in [0, 0.1) is 11.7 Å². The van der Waals surface area contributed by atoms with Gasteiger partial charge in [0.2, 0.25) is 5.78 Å². The van der Waals surface area contributed by atoms with Gasteiger partial charge in [0.1, 0.15) is 5.82 Å². The number of nitrogens with zero attached hydrogens (tertiary/aromatic N) is 2. The minimum Gasteiger partial charge on any atom is -0.346 e. The van der Waals surface area contributed by atoms with E-state index in [4.69, 9.17) is 34.8 Å². The zero-order valence-corrected chi connectivity index (χ0v) is 18.6. The van der Waals surface area contributed by atoms with Gasteiger partial charge in [0.25, 0.3) is 3.79 Å². The van der Waals surface area contributed by atoms with Crippen molar-refractivity contribution in [2.45, 2.75) is 29.7 Å². The molecule has 2 heterocycles. The number of ketones is 1. The van der Waals surface area contributed by atoms with E-state index in [0.29, 0.717) is 11.3 Å². The molecular weight excluding hydrogens is 446 g/mol. The number of alkyl halides is 3. The first-order chi connectivity index (χ1) is 14.3. The molecule has 0 aliphatic carbocycles. The predicted octanol–water partition coefficient (Wildman–Crippen LogP) is 6.25. The van der Waals surface area contributed by atoms with E-state index in [1.54, 1.807) is 12.3 Å². The lowest BCUT2D eigenvalue weighted by Crippen LogP contribution is -2.34. The van der Waals surface area contributed by atoms with Gasteiger partial charge in [-0.15, -0.1) is 0 Å². The topological polar surface area (TPSA) is 25.2 Å². The van der Waals surface area contributed by atoms with Gasteiger partial charge < -0.3 is 4.57 Å². The Labute approximate surface area is 190 Å². The van der Waals surface area contributed by atoms with Crippen LogP contribution in [0.25, 0.3) is 10.9 Å². The summed E-state index contributed by atoms with van der Waals surface area (Å²) in [5.74, 6) is -0.597. The van der Waals surface area contributed by atoms with Crippen LogP contribution in [0.3, 0.4) is 0 Å². The Kier molecular flexibility index (Phi) is 6.40. The Morgan fingerprint density at radius 1 is 1.07 bits per heavy atom. The number of piperidine rings is 1. The van der Waals surface area contributed by atoms with Gasteiger partial charge in [-0.25, -0.2) is 4.39 Å². The lowest BCUT2D eigenvalue weighted by atomic mass is 9.96. The monoisotopic (exact) mass is 466 g/mol. The molecule has 158 valence electrons. The smallest absolute Gasteiger partial charge is 0.253 e. The first kappa shape index (κ1) is 21.6. The maximum Gasteiger partial charge on any atom is 0.253 e. The fraction of sp³-hybridized carbons (Fsp3) is 0.348. The van der Waals surface area contributed by atoms with Crippen LogP contribution in [-0.2, 0) is 13.1 Å². The van der Waals surface area contributed by atoms with Crippen molar-refractivity contribution in [2.24, 2.45) is 5.92 Å². The molecule has 1 aromatic heterocycles. The molecule has 2 aromatic carbocycles. The van der Waals surface area contributed by atoms with Gasteiger partial charge in [0.15, 0.2) is 0 Å². The molecule has 0 atom stereocenters. The second-order valence-electron chi connectivity index (χ2n) is 7.89. The van der Waals surface area contributed by atoms with Crippen molar-refractivity contribution >= 4 is 51.5 Å². The third kappa shape index (κ3) is 4.83. The Morgan fingerprint density at radius 2 is 1.77 bits per heavy atom. The molecule has 0 spiro atoms. The van der Waals surface area contributed by atoms with Gasteiger partial charge in [-0.2, -0.15) is 0 Å². The SMILES string of the molecule is O=C(c1cn(CC2CCN(Cc3ccccc3)CC2)c2ccc(F)cc12)C(Cl)(Cl)Cl. The predicted molar refractivity (Wildman–Crippen MR) is 121 cm³/mol. The van der Waals surface area contributed by atoms with Crippen molar-refractivity contribution < 1.29 is 9.18 Å². The minimum atomic E-state index is -2.08. The molecule has 0 saturated carbocycles. The number of likely N-dealkylation sites (tertiary alicyclic amines) is 1. The normalized spacial score (nSPS) is 16.3. The quantitative estimate of drug-likeness (QED) is 0.327. The van der Waals surface area contributed by atoms with Crippen molar-refractivity contribution in [3.8, 4) is 0 Å². The van der Waals surface area contributed by atoms with E-state index in [1.165, 1.54) is 17.7 Å². The Hall–Kier alpha value is -1.59. The molecule has 30 heavy (non-hydrogen) atoms. The lowest BCUT2D eigenvalue weighted by molar-refractivity contribution is 0.0997. The highest BCUT2D eigenvalue weighted by Gasteiger charge is 2.34. The summed E-state index contributed by atoms with van der Waals surface area (Å²) >= 11 is 17.4. The second kappa shape index (κ2) is 8.88. The average molecular weight is 468 g/mol. The Balaban J connectivity index is 1.49. The Bertz CT molecular complexity index is 1040. The minimum absolute atomic E-state index is 0.242. The molecule has 0 unspecified atom stereocenters. The average Bonchev–Trinajstić information content (AvgIpc) is 3.06. The second-order valence-corrected chi connectivity index (χ2v) is 10.2. The third-order valence-corrected chi connectivity index (χ3v) is 6.27. The van der Waals surface area contributed by atoms with E-state index in [9.17, 15) is 9.18 Å². The highest BCUT2D eigenvalue weighted by atomic mass is 35.6. The molecule has 1 fully saturated rings. The largest absolute Gasteiger partial charge is 0.346 e. The van der Waals surface area contributed by atoms with Crippen LogP contribution >= 0.6 is 34.8 Å².